The van der Waals surface area contributed by atoms with Crippen molar-refractivity contribution in [1.29, 1.82) is 0 Å². The molecule has 6 heavy (non-hydrogen) atoms. The molecular formula is C3H8NOSi. The summed E-state index contributed by atoms with van der Waals surface area (Å²) in [4.78, 5) is 9.39. The summed E-state index contributed by atoms with van der Waals surface area (Å²) in [6.45, 7) is 4.12. The Morgan fingerprint density at radius 1 is 1.67 bits per heavy atom. The van der Waals surface area contributed by atoms with Crippen molar-refractivity contribution in [2.45, 2.75) is 13.1 Å². The summed E-state index contributed by atoms with van der Waals surface area (Å²) in [5.74, 6) is 0. The van der Waals surface area contributed by atoms with Crippen LogP contribution in [-0.4, -0.2) is 15.0 Å². The van der Waals surface area contributed by atoms with Gasteiger partial charge < -0.3 is 0 Å². The van der Waals surface area contributed by atoms with Crippen LogP contribution in [0.3, 0.4) is 0 Å². The van der Waals surface area contributed by atoms with Gasteiger partial charge in [0.05, 0.1) is 15.0 Å². The first-order valence-corrected chi connectivity index (χ1v) is 4.56. The lowest BCUT2D eigenvalue weighted by molar-refractivity contribution is 1.30. The maximum atomic E-state index is 9.39. The standard InChI is InChI=1S/C3H8NOSi/c1-6(2)3-4-5/h3H2,1-2H3. The molecule has 0 unspecified atom stereocenters. The van der Waals surface area contributed by atoms with Gasteiger partial charge in [-0.3, -0.25) is 0 Å². The van der Waals surface area contributed by atoms with E-state index in [1.807, 2.05) is 0 Å². The zero-order chi connectivity index (χ0) is 4.99. The molecule has 0 rings (SSSR count). The summed E-state index contributed by atoms with van der Waals surface area (Å²) in [7, 11) is -0.365. The molecule has 0 saturated carbocycles. The van der Waals surface area contributed by atoms with Crippen LogP contribution in [0.15, 0.2) is 5.18 Å². The average Bonchev–Trinajstić information content (AvgIpc) is 1.35. The molecule has 0 atom stereocenters. The summed E-state index contributed by atoms with van der Waals surface area (Å²) in [6, 6.07) is 0. The second kappa shape index (κ2) is 3.02. The van der Waals surface area contributed by atoms with Crippen LogP contribution in [-0.2, 0) is 0 Å². The van der Waals surface area contributed by atoms with Gasteiger partial charge >= 0.3 is 0 Å². The molecule has 0 heterocycles. The number of rotatable bonds is 2. The van der Waals surface area contributed by atoms with Crippen LogP contribution >= 0.6 is 0 Å². The third-order valence-corrected chi connectivity index (χ3v) is 1.14. The molecule has 0 aliphatic heterocycles. The molecule has 2 nitrogen and oxygen atoms in total. The van der Waals surface area contributed by atoms with Gasteiger partial charge in [0.1, 0.15) is 0 Å². The van der Waals surface area contributed by atoms with Gasteiger partial charge in [-0.15, -0.1) is 0 Å². The highest BCUT2D eigenvalue weighted by Gasteiger charge is 1.90. The topological polar surface area (TPSA) is 29.4 Å². The van der Waals surface area contributed by atoms with Crippen molar-refractivity contribution in [3.05, 3.63) is 4.91 Å². The van der Waals surface area contributed by atoms with E-state index in [0.29, 0.717) is 6.17 Å². The first-order valence-electron chi connectivity index (χ1n) is 1.85. The molecule has 0 aliphatic carbocycles. The lowest BCUT2D eigenvalue weighted by atomic mass is 11.5. The van der Waals surface area contributed by atoms with E-state index in [-0.39, 0.29) is 8.80 Å². The second-order valence-electron chi connectivity index (χ2n) is 1.49. The van der Waals surface area contributed by atoms with Gasteiger partial charge in [0.25, 0.3) is 0 Å². The van der Waals surface area contributed by atoms with E-state index in [1.165, 1.54) is 0 Å². The van der Waals surface area contributed by atoms with E-state index in [1.54, 1.807) is 0 Å². The molecule has 0 aromatic rings. The normalized spacial score (nSPS) is 9.17. The predicted molar refractivity (Wildman–Crippen MR) is 28.1 cm³/mol. The lowest BCUT2D eigenvalue weighted by Gasteiger charge is -1.85. The number of nitrogens with zero attached hydrogens (tertiary/aromatic N) is 1. The second-order valence-corrected chi connectivity index (χ2v) is 4.22. The van der Waals surface area contributed by atoms with E-state index in [0.717, 1.165) is 0 Å². The van der Waals surface area contributed by atoms with E-state index in [4.69, 9.17) is 0 Å². The van der Waals surface area contributed by atoms with Crippen LogP contribution in [0, 0.1) is 4.91 Å². The van der Waals surface area contributed by atoms with Crippen LogP contribution in [0.4, 0.5) is 0 Å². The van der Waals surface area contributed by atoms with Gasteiger partial charge in [0, 0.05) is 0 Å². The summed E-state index contributed by atoms with van der Waals surface area (Å²) in [6.07, 6.45) is 0.546. The van der Waals surface area contributed by atoms with Gasteiger partial charge in [0.2, 0.25) is 0 Å². The molecule has 35 valence electrons. The van der Waals surface area contributed by atoms with Crippen molar-refractivity contribution in [3.8, 4) is 0 Å². The van der Waals surface area contributed by atoms with Crippen LogP contribution in [0.1, 0.15) is 0 Å². The quantitative estimate of drug-likeness (QED) is 0.378. The van der Waals surface area contributed by atoms with Gasteiger partial charge in [-0.2, -0.15) is 4.91 Å². The zero-order valence-electron chi connectivity index (χ0n) is 4.06. The van der Waals surface area contributed by atoms with E-state index in [9.17, 15) is 4.91 Å². The highest BCUT2D eigenvalue weighted by atomic mass is 28.3. The Labute approximate surface area is 39.1 Å². The minimum atomic E-state index is -0.365. The Balaban J connectivity index is 2.81. The summed E-state index contributed by atoms with van der Waals surface area (Å²) < 4.78 is 0. The molecule has 1 radical (unpaired) electrons. The van der Waals surface area contributed by atoms with Crippen LogP contribution in [0.25, 0.3) is 0 Å². The summed E-state index contributed by atoms with van der Waals surface area (Å²) >= 11 is 0. The first-order chi connectivity index (χ1) is 2.77. The van der Waals surface area contributed by atoms with Crippen LogP contribution in [0.2, 0.25) is 13.1 Å². The zero-order valence-corrected chi connectivity index (χ0v) is 5.06. The van der Waals surface area contributed by atoms with Crippen molar-refractivity contribution in [2.75, 3.05) is 6.17 Å². The van der Waals surface area contributed by atoms with Gasteiger partial charge in [-0.25, -0.2) is 0 Å². The molecule has 0 fully saturated rings. The van der Waals surface area contributed by atoms with Crippen molar-refractivity contribution in [1.82, 2.24) is 0 Å². The largest absolute Gasteiger partial charge is 0.151 e. The van der Waals surface area contributed by atoms with Gasteiger partial charge in [0.15, 0.2) is 0 Å². The highest BCUT2D eigenvalue weighted by Crippen LogP contribution is 1.76. The van der Waals surface area contributed by atoms with E-state index >= 15 is 0 Å². The first kappa shape index (κ1) is 5.82. The third-order valence-electron chi connectivity index (χ3n) is 0.381. The van der Waals surface area contributed by atoms with Crippen molar-refractivity contribution < 1.29 is 0 Å². The minimum absolute atomic E-state index is 0.365. The third kappa shape index (κ3) is 3.82. The average molecular weight is 102 g/mol. The highest BCUT2D eigenvalue weighted by molar-refractivity contribution is 6.55. The lowest BCUT2D eigenvalue weighted by Crippen LogP contribution is -2.03. The Kier molecular flexibility index (Phi) is 2.93. The maximum absolute atomic E-state index is 9.39. The molecule has 0 amide bonds. The molecule has 0 aromatic carbocycles. The van der Waals surface area contributed by atoms with Crippen molar-refractivity contribution in [2.24, 2.45) is 5.18 Å². The fraction of sp³-hybridized carbons (Fsp3) is 1.00. The van der Waals surface area contributed by atoms with E-state index < -0.39 is 0 Å². The molecule has 0 spiro atoms. The smallest absolute Gasteiger partial charge is 0.0730 e. The Bertz CT molecular complexity index is 46.1. The van der Waals surface area contributed by atoms with E-state index in [2.05, 4.69) is 18.3 Å². The van der Waals surface area contributed by atoms with Crippen molar-refractivity contribution in [3.63, 3.8) is 0 Å². The van der Waals surface area contributed by atoms with Crippen molar-refractivity contribution >= 4 is 8.80 Å². The Hall–Kier alpha value is -0.183. The monoisotopic (exact) mass is 102 g/mol. The SMILES string of the molecule is C[Si](C)CN=O. The number of hydrogen-bond donors (Lipinski definition) is 0. The molecule has 0 saturated heterocycles. The fourth-order valence-corrected chi connectivity index (χ4v) is 0.387. The van der Waals surface area contributed by atoms with Crippen LogP contribution < -0.4 is 0 Å². The van der Waals surface area contributed by atoms with Gasteiger partial charge in [-0.1, -0.05) is 18.3 Å². The molecule has 0 aromatic heterocycles. The molecule has 0 bridgehead atoms. The fourth-order valence-electron chi connectivity index (χ4n) is 0.129. The number of hydrogen-bond acceptors (Lipinski definition) is 2. The van der Waals surface area contributed by atoms with Crippen LogP contribution in [0.5, 0.6) is 0 Å². The Morgan fingerprint density at radius 3 is 2.17 bits per heavy atom. The maximum Gasteiger partial charge on any atom is 0.0730 e. The molecule has 0 N–H and O–H groups in total. The molecular weight excluding hydrogens is 94.1 g/mol. The summed E-state index contributed by atoms with van der Waals surface area (Å²) in [5, 5.41) is 2.73. The minimum Gasteiger partial charge on any atom is -0.151 e. The molecule has 3 heteroatoms. The number of nitroso groups, excluding NO2 is 1. The van der Waals surface area contributed by atoms with Gasteiger partial charge in [-0.05, 0) is 0 Å². The Morgan fingerprint density at radius 2 is 2.17 bits per heavy atom. The summed E-state index contributed by atoms with van der Waals surface area (Å²) in [5.41, 5.74) is 0. The predicted octanol–water partition coefficient (Wildman–Crippen LogP) is 1.05. The molecule has 0 aliphatic rings.